The SMILES string of the molecule is CCOc1cc(CNc2cc(Br)ccc2F)ccc1O. The third-order valence-corrected chi connectivity index (χ3v) is 3.23. The summed E-state index contributed by atoms with van der Waals surface area (Å²) in [6, 6.07) is 9.80. The fraction of sp³-hybridized carbons (Fsp3) is 0.200. The predicted molar refractivity (Wildman–Crippen MR) is 80.7 cm³/mol. The molecule has 0 bridgehead atoms. The number of halogens is 2. The average Bonchev–Trinajstić information content (AvgIpc) is 2.43. The summed E-state index contributed by atoms with van der Waals surface area (Å²) in [6.07, 6.45) is 0. The van der Waals surface area contributed by atoms with Crippen molar-refractivity contribution in [2.24, 2.45) is 0 Å². The van der Waals surface area contributed by atoms with E-state index in [1.807, 2.05) is 6.92 Å². The summed E-state index contributed by atoms with van der Waals surface area (Å²) >= 11 is 3.30. The minimum Gasteiger partial charge on any atom is -0.504 e. The zero-order valence-corrected chi connectivity index (χ0v) is 12.6. The highest BCUT2D eigenvalue weighted by Crippen LogP contribution is 2.27. The number of ether oxygens (including phenoxy) is 1. The Morgan fingerprint density at radius 1 is 1.25 bits per heavy atom. The van der Waals surface area contributed by atoms with E-state index < -0.39 is 0 Å². The summed E-state index contributed by atoms with van der Waals surface area (Å²) in [4.78, 5) is 0. The van der Waals surface area contributed by atoms with Gasteiger partial charge >= 0.3 is 0 Å². The molecule has 0 aromatic heterocycles. The van der Waals surface area contributed by atoms with Crippen LogP contribution in [0.2, 0.25) is 0 Å². The number of phenolic OH excluding ortho intramolecular Hbond substituents is 1. The lowest BCUT2D eigenvalue weighted by atomic mass is 10.2. The minimum absolute atomic E-state index is 0.101. The first-order valence-corrected chi connectivity index (χ1v) is 7.03. The monoisotopic (exact) mass is 339 g/mol. The summed E-state index contributed by atoms with van der Waals surface area (Å²) in [7, 11) is 0. The molecule has 0 spiro atoms. The molecule has 2 rings (SSSR count). The van der Waals surface area contributed by atoms with Crippen molar-refractivity contribution in [3.05, 3.63) is 52.3 Å². The van der Waals surface area contributed by atoms with Gasteiger partial charge in [0.2, 0.25) is 0 Å². The summed E-state index contributed by atoms with van der Waals surface area (Å²) in [6.45, 7) is 2.76. The van der Waals surface area contributed by atoms with Crippen LogP contribution in [0.15, 0.2) is 40.9 Å². The Morgan fingerprint density at radius 3 is 2.80 bits per heavy atom. The van der Waals surface area contributed by atoms with Gasteiger partial charge in [-0.25, -0.2) is 4.39 Å². The van der Waals surface area contributed by atoms with Gasteiger partial charge in [-0.3, -0.25) is 0 Å². The number of benzene rings is 2. The topological polar surface area (TPSA) is 41.5 Å². The lowest BCUT2D eigenvalue weighted by Gasteiger charge is -2.11. The van der Waals surface area contributed by atoms with Gasteiger partial charge in [-0.2, -0.15) is 0 Å². The molecule has 5 heteroatoms. The maximum Gasteiger partial charge on any atom is 0.161 e. The summed E-state index contributed by atoms with van der Waals surface area (Å²) < 4.78 is 19.7. The Bertz CT molecular complexity index is 604. The highest BCUT2D eigenvalue weighted by Gasteiger charge is 2.05. The molecule has 3 nitrogen and oxygen atoms in total. The van der Waals surface area contributed by atoms with Crippen LogP contribution in [0, 0.1) is 5.82 Å². The first-order valence-electron chi connectivity index (χ1n) is 6.23. The first kappa shape index (κ1) is 14.7. The summed E-state index contributed by atoms with van der Waals surface area (Å²) in [5.41, 5.74) is 1.32. The van der Waals surface area contributed by atoms with Gasteiger partial charge in [-0.15, -0.1) is 0 Å². The van der Waals surface area contributed by atoms with Crippen LogP contribution >= 0.6 is 15.9 Å². The van der Waals surface area contributed by atoms with Crippen molar-refractivity contribution in [1.82, 2.24) is 0 Å². The Kier molecular flexibility index (Phi) is 4.84. The fourth-order valence-corrected chi connectivity index (χ4v) is 2.13. The smallest absolute Gasteiger partial charge is 0.161 e. The van der Waals surface area contributed by atoms with E-state index in [4.69, 9.17) is 4.74 Å². The second-order valence-electron chi connectivity index (χ2n) is 4.21. The number of hydrogen-bond acceptors (Lipinski definition) is 3. The molecular weight excluding hydrogens is 325 g/mol. The van der Waals surface area contributed by atoms with Gasteiger partial charge in [0.05, 0.1) is 12.3 Å². The zero-order chi connectivity index (χ0) is 14.5. The van der Waals surface area contributed by atoms with Crippen LogP contribution in [-0.4, -0.2) is 11.7 Å². The van der Waals surface area contributed by atoms with Gasteiger partial charge in [0.15, 0.2) is 11.5 Å². The largest absolute Gasteiger partial charge is 0.504 e. The van der Waals surface area contributed by atoms with Crippen molar-refractivity contribution >= 4 is 21.6 Å². The maximum atomic E-state index is 13.6. The minimum atomic E-state index is -0.308. The molecular formula is C15H15BrFNO2. The second kappa shape index (κ2) is 6.61. The molecule has 0 amide bonds. The van der Waals surface area contributed by atoms with Gasteiger partial charge in [0.1, 0.15) is 5.82 Å². The molecule has 106 valence electrons. The third-order valence-electron chi connectivity index (χ3n) is 2.74. The molecule has 2 aromatic rings. The van der Waals surface area contributed by atoms with E-state index in [2.05, 4.69) is 21.2 Å². The van der Waals surface area contributed by atoms with Gasteiger partial charge < -0.3 is 15.2 Å². The highest BCUT2D eigenvalue weighted by molar-refractivity contribution is 9.10. The van der Waals surface area contributed by atoms with E-state index in [-0.39, 0.29) is 11.6 Å². The molecule has 0 saturated carbocycles. The quantitative estimate of drug-likeness (QED) is 0.853. The molecule has 0 heterocycles. The number of nitrogens with one attached hydrogen (secondary N) is 1. The first-order chi connectivity index (χ1) is 9.60. The molecule has 0 aliphatic heterocycles. The maximum absolute atomic E-state index is 13.6. The van der Waals surface area contributed by atoms with E-state index in [1.54, 1.807) is 30.3 Å². The van der Waals surface area contributed by atoms with E-state index >= 15 is 0 Å². The molecule has 0 radical (unpaired) electrons. The van der Waals surface area contributed by atoms with Crippen molar-refractivity contribution in [3.63, 3.8) is 0 Å². The number of hydrogen-bond donors (Lipinski definition) is 2. The number of aromatic hydroxyl groups is 1. The van der Waals surface area contributed by atoms with Crippen LogP contribution in [0.4, 0.5) is 10.1 Å². The van der Waals surface area contributed by atoms with Crippen molar-refractivity contribution in [1.29, 1.82) is 0 Å². The predicted octanol–water partition coefficient (Wildman–Crippen LogP) is 4.30. The van der Waals surface area contributed by atoms with Crippen molar-refractivity contribution in [2.75, 3.05) is 11.9 Å². The van der Waals surface area contributed by atoms with Gasteiger partial charge in [-0.1, -0.05) is 22.0 Å². The zero-order valence-electron chi connectivity index (χ0n) is 11.0. The highest BCUT2D eigenvalue weighted by atomic mass is 79.9. The van der Waals surface area contributed by atoms with Gasteiger partial charge in [0, 0.05) is 11.0 Å². The van der Waals surface area contributed by atoms with Crippen molar-refractivity contribution in [2.45, 2.75) is 13.5 Å². The van der Waals surface area contributed by atoms with Gasteiger partial charge in [0.25, 0.3) is 0 Å². The third kappa shape index (κ3) is 3.63. The molecule has 0 saturated heterocycles. The molecule has 0 fully saturated rings. The summed E-state index contributed by atoms with van der Waals surface area (Å²) in [5.74, 6) is 0.225. The molecule has 2 N–H and O–H groups in total. The molecule has 0 unspecified atom stereocenters. The molecule has 0 aliphatic rings. The lowest BCUT2D eigenvalue weighted by Crippen LogP contribution is -2.02. The standard InChI is InChI=1S/C15H15BrFNO2/c1-2-20-15-7-10(3-6-14(15)19)9-18-13-8-11(16)4-5-12(13)17/h3-8,18-19H,2,9H2,1H3. The van der Waals surface area contributed by atoms with Crippen molar-refractivity contribution in [3.8, 4) is 11.5 Å². The van der Waals surface area contributed by atoms with E-state index in [9.17, 15) is 9.50 Å². The molecule has 2 aromatic carbocycles. The average molecular weight is 340 g/mol. The molecule has 20 heavy (non-hydrogen) atoms. The normalized spacial score (nSPS) is 10.3. The second-order valence-corrected chi connectivity index (χ2v) is 5.13. The molecule has 0 aliphatic carbocycles. The van der Waals surface area contributed by atoms with Crippen molar-refractivity contribution < 1.29 is 14.2 Å². The number of anilines is 1. The Hall–Kier alpha value is -1.75. The molecule has 0 atom stereocenters. The fourth-order valence-electron chi connectivity index (χ4n) is 1.77. The number of phenols is 1. The van der Waals surface area contributed by atoms with Crippen LogP contribution in [0.25, 0.3) is 0 Å². The summed E-state index contributed by atoms with van der Waals surface area (Å²) in [5, 5.41) is 12.6. The van der Waals surface area contributed by atoms with Crippen LogP contribution < -0.4 is 10.1 Å². The van der Waals surface area contributed by atoms with Crippen LogP contribution in [-0.2, 0) is 6.54 Å². The Morgan fingerprint density at radius 2 is 2.05 bits per heavy atom. The van der Waals surface area contributed by atoms with Gasteiger partial charge in [-0.05, 0) is 42.8 Å². The van der Waals surface area contributed by atoms with E-state index in [1.165, 1.54) is 6.07 Å². The van der Waals surface area contributed by atoms with Crippen LogP contribution in [0.3, 0.4) is 0 Å². The Labute approximate surface area is 125 Å². The van der Waals surface area contributed by atoms with E-state index in [0.717, 1.165) is 10.0 Å². The van der Waals surface area contributed by atoms with Crippen LogP contribution in [0.1, 0.15) is 12.5 Å². The number of rotatable bonds is 5. The van der Waals surface area contributed by atoms with Crippen LogP contribution in [0.5, 0.6) is 11.5 Å². The Balaban J connectivity index is 2.10. The lowest BCUT2D eigenvalue weighted by molar-refractivity contribution is 0.318. The van der Waals surface area contributed by atoms with E-state index in [0.29, 0.717) is 24.6 Å².